The Morgan fingerprint density at radius 2 is 2.41 bits per heavy atom. The highest BCUT2D eigenvalue weighted by atomic mass is 16.5. The van der Waals surface area contributed by atoms with Crippen LogP contribution in [0.3, 0.4) is 0 Å². The molecule has 1 atom stereocenters. The largest absolute Gasteiger partial charge is 0.464 e. The minimum absolute atomic E-state index is 0.422. The van der Waals surface area contributed by atoms with Gasteiger partial charge in [-0.15, -0.1) is 0 Å². The van der Waals surface area contributed by atoms with Gasteiger partial charge in [-0.25, -0.2) is 4.98 Å². The number of nitrogens with zero attached hydrogens (tertiary/aromatic N) is 1. The molecule has 1 saturated heterocycles. The quantitative estimate of drug-likeness (QED) is 0.880. The number of nitrogens with one attached hydrogen (secondary N) is 1. The van der Waals surface area contributed by atoms with Gasteiger partial charge >= 0.3 is 0 Å². The third kappa shape index (κ3) is 2.26. The Labute approximate surface area is 100.0 Å². The standard InChI is InChI=1S/C13H16N2O2/c1-2-10(16-8-1)3-6-14-13-11-5-9-17-12(11)4-7-15-13/h4-5,7,9-10H,1-3,6,8H2,(H,14,15). The molecular weight excluding hydrogens is 216 g/mol. The molecule has 3 rings (SSSR count). The SMILES string of the molecule is c1cc2occc2c(NCCC2CCCO2)n1. The highest BCUT2D eigenvalue weighted by Gasteiger charge is 2.14. The lowest BCUT2D eigenvalue weighted by atomic mass is 10.2. The van der Waals surface area contributed by atoms with Gasteiger partial charge in [0.15, 0.2) is 0 Å². The molecule has 1 N–H and O–H groups in total. The van der Waals surface area contributed by atoms with Crippen LogP contribution in [0.15, 0.2) is 29.0 Å². The molecular formula is C13H16N2O2. The van der Waals surface area contributed by atoms with Crippen LogP contribution in [0.2, 0.25) is 0 Å². The molecule has 0 aromatic carbocycles. The van der Waals surface area contributed by atoms with Crippen LogP contribution < -0.4 is 5.32 Å². The monoisotopic (exact) mass is 232 g/mol. The van der Waals surface area contributed by atoms with E-state index in [2.05, 4.69) is 10.3 Å². The van der Waals surface area contributed by atoms with E-state index in [1.165, 1.54) is 12.8 Å². The number of rotatable bonds is 4. The molecule has 1 fully saturated rings. The van der Waals surface area contributed by atoms with Crippen molar-refractivity contribution in [3.63, 3.8) is 0 Å². The van der Waals surface area contributed by atoms with Crippen molar-refractivity contribution in [1.82, 2.24) is 4.98 Å². The van der Waals surface area contributed by atoms with E-state index in [0.29, 0.717) is 6.10 Å². The summed E-state index contributed by atoms with van der Waals surface area (Å²) in [6.07, 6.45) is 7.30. The van der Waals surface area contributed by atoms with Gasteiger partial charge in [-0.1, -0.05) is 0 Å². The maximum absolute atomic E-state index is 5.58. The molecule has 4 nitrogen and oxygen atoms in total. The molecule has 1 aliphatic heterocycles. The number of aromatic nitrogens is 1. The van der Waals surface area contributed by atoms with Crippen LogP contribution in [-0.2, 0) is 4.74 Å². The van der Waals surface area contributed by atoms with E-state index >= 15 is 0 Å². The van der Waals surface area contributed by atoms with Crippen molar-refractivity contribution < 1.29 is 9.15 Å². The Morgan fingerprint density at radius 1 is 1.41 bits per heavy atom. The second kappa shape index (κ2) is 4.75. The first-order chi connectivity index (χ1) is 8.43. The summed E-state index contributed by atoms with van der Waals surface area (Å²) in [6, 6.07) is 3.82. The van der Waals surface area contributed by atoms with E-state index in [9.17, 15) is 0 Å². The average molecular weight is 232 g/mol. The van der Waals surface area contributed by atoms with E-state index in [4.69, 9.17) is 9.15 Å². The molecule has 1 aliphatic rings. The Kier molecular flexibility index (Phi) is 2.96. The predicted molar refractivity (Wildman–Crippen MR) is 66.1 cm³/mol. The fraction of sp³-hybridized carbons (Fsp3) is 0.462. The summed E-state index contributed by atoms with van der Waals surface area (Å²) in [4.78, 5) is 4.33. The molecule has 4 heteroatoms. The Balaban J connectivity index is 1.62. The number of hydrogen-bond donors (Lipinski definition) is 1. The normalized spacial score (nSPS) is 19.9. The van der Waals surface area contributed by atoms with Gasteiger partial charge in [0.25, 0.3) is 0 Å². The molecule has 90 valence electrons. The first kappa shape index (κ1) is 10.6. The van der Waals surface area contributed by atoms with Crippen LogP contribution in [0.4, 0.5) is 5.82 Å². The number of furan rings is 1. The number of ether oxygens (including phenoxy) is 1. The number of fused-ring (bicyclic) bond motifs is 1. The van der Waals surface area contributed by atoms with Gasteiger partial charge in [0, 0.05) is 19.3 Å². The van der Waals surface area contributed by atoms with Crippen LogP contribution in [0.5, 0.6) is 0 Å². The third-order valence-electron chi connectivity index (χ3n) is 3.16. The van der Waals surface area contributed by atoms with E-state index < -0.39 is 0 Å². The van der Waals surface area contributed by atoms with Crippen molar-refractivity contribution >= 4 is 16.8 Å². The minimum Gasteiger partial charge on any atom is -0.464 e. The Hall–Kier alpha value is -1.55. The van der Waals surface area contributed by atoms with E-state index in [-0.39, 0.29) is 0 Å². The van der Waals surface area contributed by atoms with Gasteiger partial charge in [0.2, 0.25) is 0 Å². The zero-order chi connectivity index (χ0) is 11.5. The molecule has 17 heavy (non-hydrogen) atoms. The lowest BCUT2D eigenvalue weighted by molar-refractivity contribution is 0.107. The van der Waals surface area contributed by atoms with Gasteiger partial charge < -0.3 is 14.5 Å². The lowest BCUT2D eigenvalue weighted by Gasteiger charge is -2.10. The first-order valence-electron chi connectivity index (χ1n) is 6.11. The topological polar surface area (TPSA) is 47.3 Å². The maximum atomic E-state index is 5.58. The molecule has 1 unspecified atom stereocenters. The second-order valence-electron chi connectivity index (χ2n) is 4.34. The average Bonchev–Trinajstić information content (AvgIpc) is 2.99. The van der Waals surface area contributed by atoms with Crippen molar-refractivity contribution in [2.75, 3.05) is 18.5 Å². The highest BCUT2D eigenvalue weighted by Crippen LogP contribution is 2.22. The molecule has 0 spiro atoms. The molecule has 0 saturated carbocycles. The number of hydrogen-bond acceptors (Lipinski definition) is 4. The fourth-order valence-corrected chi connectivity index (χ4v) is 2.26. The summed E-state index contributed by atoms with van der Waals surface area (Å²) in [6.45, 7) is 1.81. The molecule has 3 heterocycles. The van der Waals surface area contributed by atoms with Crippen LogP contribution in [0.1, 0.15) is 19.3 Å². The van der Waals surface area contributed by atoms with Gasteiger partial charge in [-0.2, -0.15) is 0 Å². The van der Waals surface area contributed by atoms with Crippen LogP contribution in [0.25, 0.3) is 11.0 Å². The van der Waals surface area contributed by atoms with Gasteiger partial charge in [0.05, 0.1) is 17.8 Å². The fourth-order valence-electron chi connectivity index (χ4n) is 2.26. The smallest absolute Gasteiger partial charge is 0.139 e. The Morgan fingerprint density at radius 3 is 3.29 bits per heavy atom. The van der Waals surface area contributed by atoms with Crippen molar-refractivity contribution in [3.8, 4) is 0 Å². The first-order valence-corrected chi connectivity index (χ1v) is 6.11. The summed E-state index contributed by atoms with van der Waals surface area (Å²) in [7, 11) is 0. The maximum Gasteiger partial charge on any atom is 0.139 e. The number of pyridine rings is 1. The van der Waals surface area contributed by atoms with E-state index in [1.54, 1.807) is 12.5 Å². The third-order valence-corrected chi connectivity index (χ3v) is 3.16. The zero-order valence-corrected chi connectivity index (χ0v) is 9.69. The zero-order valence-electron chi connectivity index (χ0n) is 9.69. The molecule has 0 bridgehead atoms. The second-order valence-corrected chi connectivity index (χ2v) is 4.34. The summed E-state index contributed by atoms with van der Waals surface area (Å²) in [5, 5.41) is 4.39. The van der Waals surface area contributed by atoms with Gasteiger partial charge in [0.1, 0.15) is 11.4 Å². The van der Waals surface area contributed by atoms with Crippen LogP contribution >= 0.6 is 0 Å². The minimum atomic E-state index is 0.422. The van der Waals surface area contributed by atoms with Crippen molar-refractivity contribution in [2.45, 2.75) is 25.4 Å². The molecule has 2 aromatic heterocycles. The van der Waals surface area contributed by atoms with Crippen molar-refractivity contribution in [2.24, 2.45) is 0 Å². The van der Waals surface area contributed by atoms with Crippen LogP contribution in [0, 0.1) is 0 Å². The Bertz CT molecular complexity index is 489. The molecule has 0 amide bonds. The molecule has 0 radical (unpaired) electrons. The van der Waals surface area contributed by atoms with Crippen molar-refractivity contribution in [1.29, 1.82) is 0 Å². The van der Waals surface area contributed by atoms with Crippen molar-refractivity contribution in [3.05, 3.63) is 24.6 Å². The predicted octanol–water partition coefficient (Wildman–Crippen LogP) is 2.81. The summed E-state index contributed by atoms with van der Waals surface area (Å²) in [5.41, 5.74) is 0.875. The van der Waals surface area contributed by atoms with Crippen LogP contribution in [-0.4, -0.2) is 24.2 Å². The lowest BCUT2D eigenvalue weighted by Crippen LogP contribution is -2.13. The summed E-state index contributed by atoms with van der Waals surface area (Å²) in [5.74, 6) is 0.897. The molecule has 0 aliphatic carbocycles. The number of anilines is 1. The highest BCUT2D eigenvalue weighted by molar-refractivity contribution is 5.87. The van der Waals surface area contributed by atoms with E-state index in [0.717, 1.165) is 36.4 Å². The van der Waals surface area contributed by atoms with E-state index in [1.807, 2.05) is 12.1 Å². The summed E-state index contributed by atoms with van der Waals surface area (Å²) >= 11 is 0. The summed E-state index contributed by atoms with van der Waals surface area (Å²) < 4.78 is 10.9. The van der Waals surface area contributed by atoms with Gasteiger partial charge in [-0.3, -0.25) is 0 Å². The van der Waals surface area contributed by atoms with Gasteiger partial charge in [-0.05, 0) is 31.4 Å². The molecule has 2 aromatic rings.